The van der Waals surface area contributed by atoms with Crippen LogP contribution in [0, 0.1) is 0 Å². The molecule has 7 nitrogen and oxygen atoms in total. The van der Waals surface area contributed by atoms with Gasteiger partial charge in [-0.1, -0.05) is 91.0 Å². The maximum atomic E-state index is 11.4. The van der Waals surface area contributed by atoms with Gasteiger partial charge in [0.15, 0.2) is 6.29 Å². The maximum Gasteiger partial charge on any atom is 0.217 e. The number of hydrogen-bond acceptors (Lipinski definition) is 6. The molecule has 34 heavy (non-hydrogen) atoms. The topological polar surface area (TPSA) is 108 Å². The summed E-state index contributed by atoms with van der Waals surface area (Å²) in [5, 5.41) is 34.1. The second-order valence-corrected chi connectivity index (χ2v) is 8.36. The Morgan fingerprint density at radius 2 is 1.26 bits per heavy atom. The number of carbonyl (C=O) groups excluding carboxylic acids is 1. The Morgan fingerprint density at radius 3 is 1.68 bits per heavy atom. The van der Waals surface area contributed by atoms with Crippen LogP contribution in [-0.2, 0) is 19.9 Å². The van der Waals surface area contributed by atoms with Crippen molar-refractivity contribution in [1.29, 1.82) is 0 Å². The molecule has 0 saturated carbocycles. The number of nitrogens with one attached hydrogen (secondary N) is 1. The molecular weight excluding hydrogens is 434 g/mol. The van der Waals surface area contributed by atoms with Gasteiger partial charge in [0.25, 0.3) is 0 Å². The summed E-state index contributed by atoms with van der Waals surface area (Å²) in [4.78, 5) is 11.4. The Hall–Kier alpha value is -3.07. The number of aliphatic hydroxyl groups excluding tert-OH is 3. The van der Waals surface area contributed by atoms with E-state index in [9.17, 15) is 20.1 Å². The third kappa shape index (κ3) is 4.75. The lowest BCUT2D eigenvalue weighted by atomic mass is 9.80. The normalized spacial score (nSPS) is 25.0. The van der Waals surface area contributed by atoms with E-state index in [0.29, 0.717) is 0 Å². The second kappa shape index (κ2) is 10.5. The zero-order chi connectivity index (χ0) is 24.1. The Kier molecular flexibility index (Phi) is 7.41. The number of rotatable bonds is 7. The average Bonchev–Trinajstić information content (AvgIpc) is 2.87. The molecule has 1 amide bonds. The third-order valence-electron chi connectivity index (χ3n) is 6.10. The summed E-state index contributed by atoms with van der Waals surface area (Å²) >= 11 is 0. The summed E-state index contributed by atoms with van der Waals surface area (Å²) in [6, 6.07) is 28.0. The van der Waals surface area contributed by atoms with Crippen molar-refractivity contribution in [3.63, 3.8) is 0 Å². The first-order chi connectivity index (χ1) is 16.4. The molecule has 3 aromatic carbocycles. The van der Waals surface area contributed by atoms with Gasteiger partial charge in [-0.05, 0) is 16.7 Å². The first kappa shape index (κ1) is 24.1. The van der Waals surface area contributed by atoms with Crippen molar-refractivity contribution in [2.24, 2.45) is 0 Å². The van der Waals surface area contributed by atoms with Gasteiger partial charge in [-0.25, -0.2) is 0 Å². The zero-order valence-corrected chi connectivity index (χ0v) is 18.8. The molecule has 1 aliphatic heterocycles. The molecule has 1 heterocycles. The van der Waals surface area contributed by atoms with Gasteiger partial charge in [-0.3, -0.25) is 4.79 Å². The molecule has 7 heteroatoms. The number of ether oxygens (including phenoxy) is 2. The number of hydrogen-bond donors (Lipinski definition) is 4. The Bertz CT molecular complexity index is 966. The van der Waals surface area contributed by atoms with Crippen LogP contribution < -0.4 is 5.32 Å². The molecule has 3 unspecified atom stereocenters. The molecular formula is C27H29NO6. The van der Waals surface area contributed by atoms with E-state index in [1.807, 2.05) is 91.0 Å². The van der Waals surface area contributed by atoms with E-state index in [-0.39, 0.29) is 6.61 Å². The molecule has 0 aliphatic carbocycles. The van der Waals surface area contributed by atoms with Crippen LogP contribution in [0.2, 0.25) is 0 Å². The summed E-state index contributed by atoms with van der Waals surface area (Å²) in [5.41, 5.74) is 1.57. The van der Waals surface area contributed by atoms with Crippen LogP contribution in [0.25, 0.3) is 0 Å². The number of benzene rings is 3. The molecule has 4 rings (SSSR count). The van der Waals surface area contributed by atoms with Crippen molar-refractivity contribution in [3.8, 4) is 0 Å². The first-order valence-corrected chi connectivity index (χ1v) is 11.2. The van der Waals surface area contributed by atoms with Crippen LogP contribution in [0.15, 0.2) is 91.0 Å². The molecule has 0 bridgehead atoms. The van der Waals surface area contributed by atoms with Crippen molar-refractivity contribution in [1.82, 2.24) is 5.32 Å². The van der Waals surface area contributed by atoms with E-state index in [4.69, 9.17) is 9.47 Å². The minimum Gasteiger partial charge on any atom is -0.388 e. The minimum absolute atomic E-state index is 0.138. The predicted molar refractivity (Wildman–Crippen MR) is 126 cm³/mol. The van der Waals surface area contributed by atoms with Crippen LogP contribution in [0.5, 0.6) is 0 Å². The lowest BCUT2D eigenvalue weighted by molar-refractivity contribution is -0.261. The van der Waals surface area contributed by atoms with Crippen molar-refractivity contribution < 1.29 is 29.6 Å². The van der Waals surface area contributed by atoms with Gasteiger partial charge in [0, 0.05) is 6.92 Å². The van der Waals surface area contributed by atoms with Gasteiger partial charge in [-0.15, -0.1) is 0 Å². The molecule has 1 fully saturated rings. The van der Waals surface area contributed by atoms with Crippen LogP contribution in [0.1, 0.15) is 23.6 Å². The highest BCUT2D eigenvalue weighted by atomic mass is 16.6. The Morgan fingerprint density at radius 1 is 0.824 bits per heavy atom. The molecule has 5 atom stereocenters. The number of aliphatic hydroxyl groups is 3. The summed E-state index contributed by atoms with van der Waals surface area (Å²) in [6.45, 7) is 1.12. The third-order valence-corrected chi connectivity index (χ3v) is 6.10. The van der Waals surface area contributed by atoms with E-state index in [1.165, 1.54) is 6.92 Å². The fraction of sp³-hybridized carbons (Fsp3) is 0.296. The quantitative estimate of drug-likeness (QED) is 0.399. The van der Waals surface area contributed by atoms with Gasteiger partial charge in [-0.2, -0.15) is 0 Å². The van der Waals surface area contributed by atoms with Crippen molar-refractivity contribution >= 4 is 5.91 Å². The van der Waals surface area contributed by atoms with E-state index in [0.717, 1.165) is 16.7 Å². The number of carbonyl (C=O) groups is 1. The summed E-state index contributed by atoms with van der Waals surface area (Å²) < 4.78 is 12.2. The average molecular weight is 464 g/mol. The Labute approximate surface area is 198 Å². The van der Waals surface area contributed by atoms with Crippen LogP contribution in [0.3, 0.4) is 0 Å². The van der Waals surface area contributed by atoms with E-state index < -0.39 is 42.2 Å². The second-order valence-electron chi connectivity index (χ2n) is 8.36. The summed E-state index contributed by atoms with van der Waals surface area (Å²) in [6.07, 6.45) is -5.36. The van der Waals surface area contributed by atoms with E-state index >= 15 is 0 Å². The van der Waals surface area contributed by atoms with Gasteiger partial charge in [0.2, 0.25) is 5.91 Å². The largest absolute Gasteiger partial charge is 0.388 e. The zero-order valence-electron chi connectivity index (χ0n) is 18.8. The molecule has 4 N–H and O–H groups in total. The van der Waals surface area contributed by atoms with Crippen molar-refractivity contribution in [2.45, 2.75) is 43.2 Å². The summed E-state index contributed by atoms with van der Waals surface area (Å²) in [7, 11) is 0. The highest BCUT2D eigenvalue weighted by Crippen LogP contribution is 2.41. The van der Waals surface area contributed by atoms with Gasteiger partial charge < -0.3 is 30.1 Å². The van der Waals surface area contributed by atoms with Crippen molar-refractivity contribution in [3.05, 3.63) is 108 Å². The molecule has 178 valence electrons. The van der Waals surface area contributed by atoms with Crippen molar-refractivity contribution in [2.75, 3.05) is 6.61 Å². The van der Waals surface area contributed by atoms with Gasteiger partial charge in [0.05, 0.1) is 6.61 Å². The highest BCUT2D eigenvalue weighted by Gasteiger charge is 2.46. The first-order valence-electron chi connectivity index (χ1n) is 11.2. The van der Waals surface area contributed by atoms with Crippen LogP contribution in [-0.4, -0.2) is 58.5 Å². The van der Waals surface area contributed by atoms with E-state index in [2.05, 4.69) is 5.32 Å². The highest BCUT2D eigenvalue weighted by molar-refractivity contribution is 5.73. The minimum atomic E-state index is -1.50. The molecule has 0 spiro atoms. The molecule has 1 aliphatic rings. The molecule has 0 aromatic heterocycles. The smallest absolute Gasteiger partial charge is 0.217 e. The lowest BCUT2D eigenvalue weighted by Crippen LogP contribution is -2.64. The van der Waals surface area contributed by atoms with Gasteiger partial charge in [0.1, 0.15) is 30.0 Å². The molecule has 3 aromatic rings. The SMILES string of the molecule is CC(=O)NC1C(O)[C@H](O)C(COC(c2ccccc2)(c2ccccc2)c2ccccc2)O[C@H]1O. The fourth-order valence-electron chi connectivity index (χ4n) is 4.45. The lowest BCUT2D eigenvalue weighted by Gasteiger charge is -2.43. The van der Waals surface area contributed by atoms with Crippen LogP contribution in [0.4, 0.5) is 0 Å². The predicted octanol–water partition coefficient (Wildman–Crippen LogP) is 1.94. The van der Waals surface area contributed by atoms with Gasteiger partial charge >= 0.3 is 0 Å². The standard InChI is InChI=1S/C27H29NO6/c1-18(29)28-23-25(31)24(30)22(34-26(23)32)17-33-27(19-11-5-2-6-12-19,20-13-7-3-8-14-20)21-15-9-4-10-16-21/h2-16,22-26,30-32H,17H2,1H3,(H,28,29)/t22?,23?,24-,25?,26-/m1/s1. The fourth-order valence-corrected chi connectivity index (χ4v) is 4.45. The molecule has 0 radical (unpaired) electrons. The maximum absolute atomic E-state index is 11.4. The number of amides is 1. The van der Waals surface area contributed by atoms with E-state index in [1.54, 1.807) is 0 Å². The monoisotopic (exact) mass is 463 g/mol. The Balaban J connectivity index is 1.71. The van der Waals surface area contributed by atoms with Crippen LogP contribution >= 0.6 is 0 Å². The summed E-state index contributed by atoms with van der Waals surface area (Å²) in [5.74, 6) is -0.454. The molecule has 1 saturated heterocycles.